The monoisotopic (exact) mass is 354 g/mol. The van der Waals surface area contributed by atoms with E-state index in [0.29, 0.717) is 6.04 Å². The van der Waals surface area contributed by atoms with E-state index >= 15 is 0 Å². The maximum absolute atomic E-state index is 5.39. The standard InChI is InChI=1S/C18H38N6O/c1-4-19-18(20-6-5-7-23-12-14-25-15-13-23)21-16-17(2)24-10-8-22(3)9-11-24/h17H,4-16H2,1-3H3,(H2,19,20,21). The fraction of sp³-hybridized carbons (Fsp3) is 0.944. The van der Waals surface area contributed by atoms with Gasteiger partial charge in [0.2, 0.25) is 0 Å². The highest BCUT2D eigenvalue weighted by molar-refractivity contribution is 5.79. The lowest BCUT2D eigenvalue weighted by Gasteiger charge is -2.35. The van der Waals surface area contributed by atoms with Crippen molar-refractivity contribution in [2.24, 2.45) is 4.99 Å². The zero-order valence-electron chi connectivity index (χ0n) is 16.5. The summed E-state index contributed by atoms with van der Waals surface area (Å²) in [6, 6.07) is 0.498. The van der Waals surface area contributed by atoms with Gasteiger partial charge in [-0.1, -0.05) is 0 Å². The highest BCUT2D eigenvalue weighted by Crippen LogP contribution is 2.05. The van der Waals surface area contributed by atoms with Crippen molar-refractivity contribution in [3.8, 4) is 0 Å². The maximum atomic E-state index is 5.39. The smallest absolute Gasteiger partial charge is 0.191 e. The van der Waals surface area contributed by atoms with E-state index in [1.807, 2.05) is 0 Å². The Morgan fingerprint density at radius 1 is 1.08 bits per heavy atom. The fourth-order valence-corrected chi connectivity index (χ4v) is 3.28. The van der Waals surface area contributed by atoms with Gasteiger partial charge in [0.15, 0.2) is 5.96 Å². The van der Waals surface area contributed by atoms with Crippen LogP contribution >= 0.6 is 0 Å². The van der Waals surface area contributed by atoms with E-state index in [1.165, 1.54) is 0 Å². The Bertz CT molecular complexity index is 378. The number of morpholine rings is 1. The number of guanidine groups is 1. The third kappa shape index (κ3) is 7.90. The molecule has 2 aliphatic rings. The van der Waals surface area contributed by atoms with Crippen LogP contribution in [0.25, 0.3) is 0 Å². The molecule has 25 heavy (non-hydrogen) atoms. The number of nitrogens with one attached hydrogen (secondary N) is 2. The number of likely N-dealkylation sites (N-methyl/N-ethyl adjacent to an activating group) is 1. The molecule has 0 saturated carbocycles. The molecule has 2 N–H and O–H groups in total. The quantitative estimate of drug-likeness (QED) is 0.361. The second-order valence-corrected chi connectivity index (χ2v) is 7.14. The molecule has 1 atom stereocenters. The largest absolute Gasteiger partial charge is 0.379 e. The van der Waals surface area contributed by atoms with E-state index in [2.05, 4.69) is 46.2 Å². The van der Waals surface area contributed by atoms with Gasteiger partial charge in [-0.25, -0.2) is 0 Å². The summed E-state index contributed by atoms with van der Waals surface area (Å²) in [5, 5.41) is 6.84. The zero-order valence-corrected chi connectivity index (χ0v) is 16.5. The Kier molecular flexibility index (Phi) is 9.54. The van der Waals surface area contributed by atoms with Crippen LogP contribution in [0.4, 0.5) is 0 Å². The summed E-state index contributed by atoms with van der Waals surface area (Å²) in [4.78, 5) is 12.2. The third-order valence-corrected chi connectivity index (χ3v) is 5.07. The van der Waals surface area contributed by atoms with Gasteiger partial charge in [0, 0.05) is 58.4 Å². The first-order valence-electron chi connectivity index (χ1n) is 9.94. The predicted molar refractivity (Wildman–Crippen MR) is 104 cm³/mol. The molecule has 0 spiro atoms. The molecule has 0 aromatic rings. The van der Waals surface area contributed by atoms with Gasteiger partial charge in [0.05, 0.1) is 19.8 Å². The van der Waals surface area contributed by atoms with Crippen LogP contribution in [0.2, 0.25) is 0 Å². The molecule has 146 valence electrons. The third-order valence-electron chi connectivity index (χ3n) is 5.07. The van der Waals surface area contributed by atoms with Gasteiger partial charge >= 0.3 is 0 Å². The van der Waals surface area contributed by atoms with Crippen LogP contribution in [0.15, 0.2) is 4.99 Å². The van der Waals surface area contributed by atoms with Gasteiger partial charge in [-0.15, -0.1) is 0 Å². The van der Waals surface area contributed by atoms with Crippen molar-refractivity contribution in [1.29, 1.82) is 0 Å². The molecule has 1 unspecified atom stereocenters. The maximum Gasteiger partial charge on any atom is 0.191 e. The van der Waals surface area contributed by atoms with Crippen LogP contribution in [0.1, 0.15) is 20.3 Å². The molecular formula is C18H38N6O. The second-order valence-electron chi connectivity index (χ2n) is 7.14. The molecule has 0 aliphatic carbocycles. The Balaban J connectivity index is 1.66. The number of hydrogen-bond acceptors (Lipinski definition) is 5. The average Bonchev–Trinajstić information content (AvgIpc) is 2.64. The van der Waals surface area contributed by atoms with Crippen LogP contribution in [0.3, 0.4) is 0 Å². The summed E-state index contributed by atoms with van der Waals surface area (Å²) in [6.07, 6.45) is 1.14. The van der Waals surface area contributed by atoms with Crippen molar-refractivity contribution in [3.05, 3.63) is 0 Å². The Hall–Kier alpha value is -0.890. The Morgan fingerprint density at radius 3 is 2.48 bits per heavy atom. The van der Waals surface area contributed by atoms with Gasteiger partial charge in [-0.3, -0.25) is 14.8 Å². The lowest BCUT2D eigenvalue weighted by Crippen LogP contribution is -2.49. The van der Waals surface area contributed by atoms with Crippen molar-refractivity contribution >= 4 is 5.96 Å². The van der Waals surface area contributed by atoms with E-state index in [0.717, 1.165) is 91.0 Å². The molecule has 0 bridgehead atoms. The molecule has 0 aromatic heterocycles. The van der Waals surface area contributed by atoms with Crippen LogP contribution in [0.5, 0.6) is 0 Å². The summed E-state index contributed by atoms with van der Waals surface area (Å²) in [5.41, 5.74) is 0. The van der Waals surface area contributed by atoms with Gasteiger partial charge < -0.3 is 20.3 Å². The van der Waals surface area contributed by atoms with E-state index in [-0.39, 0.29) is 0 Å². The molecular weight excluding hydrogens is 316 g/mol. The zero-order chi connectivity index (χ0) is 17.9. The normalized spacial score (nSPS) is 22.8. The molecule has 2 aliphatic heterocycles. The van der Waals surface area contributed by atoms with E-state index < -0.39 is 0 Å². The molecule has 2 rings (SSSR count). The van der Waals surface area contributed by atoms with Gasteiger partial charge in [-0.05, 0) is 33.9 Å². The highest BCUT2D eigenvalue weighted by atomic mass is 16.5. The molecule has 0 amide bonds. The summed E-state index contributed by atoms with van der Waals surface area (Å²) in [6.45, 7) is 16.8. The minimum absolute atomic E-state index is 0.498. The van der Waals surface area contributed by atoms with Crippen LogP contribution in [-0.2, 0) is 4.74 Å². The molecule has 2 heterocycles. The van der Waals surface area contributed by atoms with Crippen molar-refractivity contribution in [3.63, 3.8) is 0 Å². The van der Waals surface area contributed by atoms with Crippen LogP contribution < -0.4 is 10.6 Å². The van der Waals surface area contributed by atoms with Crippen molar-refractivity contribution in [2.75, 3.05) is 85.7 Å². The van der Waals surface area contributed by atoms with Crippen molar-refractivity contribution < 1.29 is 4.74 Å². The van der Waals surface area contributed by atoms with Crippen LogP contribution in [0, 0.1) is 0 Å². The van der Waals surface area contributed by atoms with Crippen molar-refractivity contribution in [1.82, 2.24) is 25.3 Å². The molecule has 2 fully saturated rings. The van der Waals surface area contributed by atoms with Gasteiger partial charge in [0.25, 0.3) is 0 Å². The summed E-state index contributed by atoms with van der Waals surface area (Å²) < 4.78 is 5.39. The molecule has 0 radical (unpaired) electrons. The summed E-state index contributed by atoms with van der Waals surface area (Å²) >= 11 is 0. The lowest BCUT2D eigenvalue weighted by molar-refractivity contribution is 0.0376. The average molecular weight is 355 g/mol. The second kappa shape index (κ2) is 11.7. The molecule has 0 aromatic carbocycles. The first-order valence-corrected chi connectivity index (χ1v) is 9.94. The van der Waals surface area contributed by atoms with E-state index in [9.17, 15) is 0 Å². The topological polar surface area (TPSA) is 55.4 Å². The Morgan fingerprint density at radius 2 is 1.80 bits per heavy atom. The molecule has 2 saturated heterocycles. The van der Waals surface area contributed by atoms with E-state index in [4.69, 9.17) is 9.73 Å². The van der Waals surface area contributed by atoms with Gasteiger partial charge in [-0.2, -0.15) is 0 Å². The first kappa shape index (κ1) is 20.4. The highest BCUT2D eigenvalue weighted by Gasteiger charge is 2.18. The SMILES string of the molecule is CCNC(=NCC(C)N1CCN(C)CC1)NCCCN1CCOCC1. The first-order chi connectivity index (χ1) is 12.2. The Labute approximate surface area is 153 Å². The minimum Gasteiger partial charge on any atom is -0.379 e. The summed E-state index contributed by atoms with van der Waals surface area (Å²) in [7, 11) is 2.20. The minimum atomic E-state index is 0.498. The van der Waals surface area contributed by atoms with Gasteiger partial charge in [0.1, 0.15) is 0 Å². The van der Waals surface area contributed by atoms with Crippen LogP contribution in [-0.4, -0.2) is 112 Å². The number of piperazine rings is 1. The predicted octanol–water partition coefficient (Wildman–Crippen LogP) is -0.100. The molecule has 7 heteroatoms. The number of rotatable bonds is 8. The number of ether oxygens (including phenoxy) is 1. The number of nitrogens with zero attached hydrogens (tertiary/aromatic N) is 4. The lowest BCUT2D eigenvalue weighted by atomic mass is 10.2. The van der Waals surface area contributed by atoms with Crippen molar-refractivity contribution in [2.45, 2.75) is 26.3 Å². The van der Waals surface area contributed by atoms with E-state index in [1.54, 1.807) is 0 Å². The number of aliphatic imine (C=N–C) groups is 1. The molecule has 7 nitrogen and oxygen atoms in total. The fourth-order valence-electron chi connectivity index (χ4n) is 3.28. The number of hydrogen-bond donors (Lipinski definition) is 2. The summed E-state index contributed by atoms with van der Waals surface area (Å²) in [5.74, 6) is 0.949.